The lowest BCUT2D eigenvalue weighted by atomic mass is 10.2. The maximum atomic E-state index is 13.4. The molecule has 0 saturated carbocycles. The zero-order valence-electron chi connectivity index (χ0n) is 13.4. The predicted molar refractivity (Wildman–Crippen MR) is 97.8 cm³/mol. The van der Waals surface area contributed by atoms with Crippen LogP contribution in [-0.2, 0) is 10.0 Å². The van der Waals surface area contributed by atoms with Gasteiger partial charge >= 0.3 is 0 Å². The van der Waals surface area contributed by atoms with Crippen LogP contribution in [0, 0.1) is 12.7 Å². The molecule has 1 aromatic carbocycles. The number of thiophene rings is 1. The molecule has 5 nitrogen and oxygen atoms in total. The van der Waals surface area contributed by atoms with Gasteiger partial charge in [0.2, 0.25) is 0 Å². The Hall–Kier alpha value is -1.29. The number of hydrogen-bond donors (Lipinski definition) is 0. The molecule has 1 aliphatic rings. The van der Waals surface area contributed by atoms with Gasteiger partial charge in [0.15, 0.2) is 0 Å². The van der Waals surface area contributed by atoms with Gasteiger partial charge in [-0.05, 0) is 53.2 Å². The first-order chi connectivity index (χ1) is 11.8. The third-order valence-electron chi connectivity index (χ3n) is 3.99. The largest absolute Gasteiger partial charge is 0.336 e. The molecule has 2 aromatic rings. The van der Waals surface area contributed by atoms with E-state index in [0.29, 0.717) is 8.68 Å². The Bertz CT molecular complexity index is 906. The molecule has 1 aromatic heterocycles. The van der Waals surface area contributed by atoms with E-state index >= 15 is 0 Å². The summed E-state index contributed by atoms with van der Waals surface area (Å²) >= 11 is 4.49. The summed E-state index contributed by atoms with van der Waals surface area (Å²) in [5, 5.41) is 0. The van der Waals surface area contributed by atoms with Crippen LogP contribution in [0.2, 0.25) is 0 Å². The fourth-order valence-corrected chi connectivity index (χ4v) is 5.92. The van der Waals surface area contributed by atoms with Crippen LogP contribution in [0.5, 0.6) is 0 Å². The normalized spacial score (nSPS) is 16.2. The van der Waals surface area contributed by atoms with Gasteiger partial charge < -0.3 is 4.90 Å². The van der Waals surface area contributed by atoms with Gasteiger partial charge in [-0.25, -0.2) is 12.8 Å². The Morgan fingerprint density at radius 2 is 1.84 bits per heavy atom. The fraction of sp³-hybridized carbons (Fsp3) is 0.312. The van der Waals surface area contributed by atoms with E-state index in [0.717, 1.165) is 4.88 Å². The van der Waals surface area contributed by atoms with E-state index in [4.69, 9.17) is 0 Å². The summed E-state index contributed by atoms with van der Waals surface area (Å²) in [5.41, 5.74) is 0.241. The molecule has 0 spiro atoms. The van der Waals surface area contributed by atoms with E-state index in [1.807, 2.05) is 6.92 Å². The van der Waals surface area contributed by atoms with Crippen LogP contribution in [-0.4, -0.2) is 49.7 Å². The maximum absolute atomic E-state index is 13.4. The molecular weight excluding hydrogens is 431 g/mol. The van der Waals surface area contributed by atoms with E-state index in [9.17, 15) is 17.6 Å². The molecule has 2 heterocycles. The molecule has 0 radical (unpaired) electrons. The molecule has 25 heavy (non-hydrogen) atoms. The predicted octanol–water partition coefficient (Wildman–Crippen LogP) is 3.10. The number of carbonyl (C=O) groups is 1. The van der Waals surface area contributed by atoms with Crippen molar-refractivity contribution in [2.75, 3.05) is 26.2 Å². The lowest BCUT2D eigenvalue weighted by molar-refractivity contribution is 0.0696. The van der Waals surface area contributed by atoms with Crippen molar-refractivity contribution >= 4 is 43.2 Å². The van der Waals surface area contributed by atoms with Gasteiger partial charge in [0.05, 0.1) is 5.56 Å². The summed E-state index contributed by atoms with van der Waals surface area (Å²) in [6.45, 7) is 2.84. The van der Waals surface area contributed by atoms with Crippen molar-refractivity contribution in [1.82, 2.24) is 9.21 Å². The van der Waals surface area contributed by atoms with Crippen LogP contribution >= 0.6 is 27.3 Å². The molecule has 0 aliphatic carbocycles. The number of carbonyl (C=O) groups excluding carboxylic acids is 1. The van der Waals surface area contributed by atoms with Gasteiger partial charge in [-0.2, -0.15) is 4.31 Å². The van der Waals surface area contributed by atoms with Gasteiger partial charge in [-0.3, -0.25) is 4.79 Å². The highest BCUT2D eigenvalue weighted by Crippen LogP contribution is 2.26. The van der Waals surface area contributed by atoms with Gasteiger partial charge in [0.1, 0.15) is 10.0 Å². The molecule has 1 fully saturated rings. The SMILES string of the molecule is Cc1ccc(S(=O)(=O)N2CCN(C(=O)c3cc(F)ccc3Br)CC2)s1. The summed E-state index contributed by atoms with van der Waals surface area (Å²) in [5.74, 6) is -0.795. The first-order valence-electron chi connectivity index (χ1n) is 7.60. The third kappa shape index (κ3) is 3.79. The van der Waals surface area contributed by atoms with Crippen molar-refractivity contribution in [3.8, 4) is 0 Å². The standard InChI is InChI=1S/C16H16BrFN2O3S2/c1-11-2-5-15(24-11)25(22,23)20-8-6-19(7-9-20)16(21)13-10-12(18)3-4-14(13)17/h2-5,10H,6-9H2,1H3. The number of benzene rings is 1. The van der Waals surface area contributed by atoms with Crippen molar-refractivity contribution in [3.05, 3.63) is 51.1 Å². The molecule has 0 atom stereocenters. The average molecular weight is 447 g/mol. The highest BCUT2D eigenvalue weighted by atomic mass is 79.9. The molecule has 1 amide bonds. The Morgan fingerprint density at radius 1 is 1.16 bits per heavy atom. The fourth-order valence-electron chi connectivity index (χ4n) is 2.64. The highest BCUT2D eigenvalue weighted by Gasteiger charge is 2.31. The summed E-state index contributed by atoms with van der Waals surface area (Å²) in [6.07, 6.45) is 0. The minimum absolute atomic E-state index is 0.220. The smallest absolute Gasteiger partial charge is 0.255 e. The first kappa shape index (κ1) is 18.5. The molecule has 134 valence electrons. The number of sulfonamides is 1. The second-order valence-electron chi connectivity index (χ2n) is 5.69. The number of nitrogens with zero attached hydrogens (tertiary/aromatic N) is 2. The van der Waals surface area contributed by atoms with Crippen LogP contribution in [0.4, 0.5) is 4.39 Å². The summed E-state index contributed by atoms with van der Waals surface area (Å²) in [7, 11) is -3.53. The number of hydrogen-bond acceptors (Lipinski definition) is 4. The molecule has 0 unspecified atom stereocenters. The lowest BCUT2D eigenvalue weighted by Crippen LogP contribution is -2.50. The van der Waals surface area contributed by atoms with Crippen molar-refractivity contribution in [1.29, 1.82) is 0 Å². The van der Waals surface area contributed by atoms with E-state index in [2.05, 4.69) is 15.9 Å². The Kier molecular flexibility index (Phi) is 5.29. The zero-order valence-corrected chi connectivity index (χ0v) is 16.6. The van der Waals surface area contributed by atoms with E-state index in [1.54, 1.807) is 17.0 Å². The van der Waals surface area contributed by atoms with Gasteiger partial charge in [-0.15, -0.1) is 11.3 Å². The van der Waals surface area contributed by atoms with Crippen molar-refractivity contribution in [2.45, 2.75) is 11.1 Å². The Labute approximate surface area is 158 Å². The average Bonchev–Trinajstić information content (AvgIpc) is 3.04. The molecule has 1 saturated heterocycles. The van der Waals surface area contributed by atoms with Crippen molar-refractivity contribution < 1.29 is 17.6 Å². The minimum atomic E-state index is -3.53. The van der Waals surface area contributed by atoms with Crippen molar-refractivity contribution in [3.63, 3.8) is 0 Å². The quantitative estimate of drug-likeness (QED) is 0.727. The Morgan fingerprint density at radius 3 is 2.44 bits per heavy atom. The van der Waals surface area contributed by atoms with E-state index in [1.165, 1.54) is 33.8 Å². The summed E-state index contributed by atoms with van der Waals surface area (Å²) in [4.78, 5) is 15.0. The highest BCUT2D eigenvalue weighted by molar-refractivity contribution is 9.10. The molecule has 9 heteroatoms. The van der Waals surface area contributed by atoms with E-state index < -0.39 is 15.8 Å². The zero-order chi connectivity index (χ0) is 18.2. The number of rotatable bonds is 3. The second kappa shape index (κ2) is 7.14. The van der Waals surface area contributed by atoms with Crippen LogP contribution in [0.25, 0.3) is 0 Å². The molecule has 0 N–H and O–H groups in total. The monoisotopic (exact) mass is 446 g/mol. The molecule has 0 bridgehead atoms. The van der Waals surface area contributed by atoms with Crippen LogP contribution < -0.4 is 0 Å². The number of halogens is 2. The van der Waals surface area contributed by atoms with Gasteiger partial charge in [0.25, 0.3) is 15.9 Å². The number of piperazine rings is 1. The van der Waals surface area contributed by atoms with Crippen molar-refractivity contribution in [2.24, 2.45) is 0 Å². The van der Waals surface area contributed by atoms with E-state index in [-0.39, 0.29) is 37.6 Å². The number of amides is 1. The van der Waals surface area contributed by atoms with Crippen LogP contribution in [0.15, 0.2) is 39.0 Å². The first-order valence-corrected chi connectivity index (χ1v) is 10.6. The van der Waals surface area contributed by atoms with Gasteiger partial charge in [0, 0.05) is 35.5 Å². The third-order valence-corrected chi connectivity index (χ3v) is 8.05. The topological polar surface area (TPSA) is 57.7 Å². The van der Waals surface area contributed by atoms with Crippen LogP contribution in [0.3, 0.4) is 0 Å². The summed E-state index contributed by atoms with van der Waals surface area (Å²) < 4.78 is 40.9. The molecule has 1 aliphatic heterocycles. The molecular formula is C16H16BrFN2O3S2. The van der Waals surface area contributed by atoms with Crippen LogP contribution in [0.1, 0.15) is 15.2 Å². The minimum Gasteiger partial charge on any atom is -0.336 e. The second-order valence-corrected chi connectivity index (χ2v) is 9.99. The number of aryl methyl sites for hydroxylation is 1. The Balaban J connectivity index is 1.71. The molecule has 3 rings (SSSR count). The maximum Gasteiger partial charge on any atom is 0.255 e. The lowest BCUT2D eigenvalue weighted by Gasteiger charge is -2.33. The van der Waals surface area contributed by atoms with Gasteiger partial charge in [-0.1, -0.05) is 0 Å². The summed E-state index contributed by atoms with van der Waals surface area (Å²) in [6, 6.07) is 7.33.